The number of nitrogens with one attached hydrogen (secondary N) is 1. The number of rotatable bonds is 11. The molecule has 1 aliphatic rings. The zero-order valence-corrected chi connectivity index (χ0v) is 23.5. The van der Waals surface area contributed by atoms with Crippen molar-refractivity contribution in [1.29, 1.82) is 0 Å². The summed E-state index contributed by atoms with van der Waals surface area (Å²) in [6.07, 6.45) is 1.77. The van der Waals surface area contributed by atoms with Gasteiger partial charge in [0, 0.05) is 36.6 Å². The molecule has 1 aromatic heterocycles. The van der Waals surface area contributed by atoms with Gasteiger partial charge in [-0.05, 0) is 61.1 Å². The van der Waals surface area contributed by atoms with Gasteiger partial charge in [-0.15, -0.1) is 11.3 Å². The van der Waals surface area contributed by atoms with Crippen LogP contribution in [0.1, 0.15) is 72.2 Å². The summed E-state index contributed by atoms with van der Waals surface area (Å²) in [5.74, 6) is -0.586. The van der Waals surface area contributed by atoms with E-state index in [1.807, 2.05) is 27.7 Å². The van der Waals surface area contributed by atoms with E-state index in [4.69, 9.17) is 5.73 Å². The van der Waals surface area contributed by atoms with Crippen molar-refractivity contribution in [3.8, 4) is 0 Å². The molecule has 3 rings (SSSR count). The molecule has 3 N–H and O–H groups in total. The van der Waals surface area contributed by atoms with Gasteiger partial charge in [0.05, 0.1) is 10.5 Å². The minimum atomic E-state index is -3.68. The standard InChI is InChI=1S/C26H38N4O4S2/c1-6-12-29-13-11-21-22(16-29)35-26(23(21)24(27)31)28-25(32)19-7-9-20(10-8-19)36(33,34)30(14-17(2)3)15-18(4)5/h7-10,17-18H,6,11-16H2,1-5H3,(H2,27,31)(H,28,32). The van der Waals surface area contributed by atoms with E-state index >= 15 is 0 Å². The molecule has 2 aromatic rings. The summed E-state index contributed by atoms with van der Waals surface area (Å²) in [7, 11) is -3.68. The molecule has 0 bridgehead atoms. The second-order valence-corrected chi connectivity index (χ2v) is 13.2. The van der Waals surface area contributed by atoms with Crippen LogP contribution in [0.2, 0.25) is 0 Å². The fraction of sp³-hybridized carbons (Fsp3) is 0.538. The molecule has 0 saturated heterocycles. The van der Waals surface area contributed by atoms with E-state index in [0.29, 0.717) is 29.2 Å². The van der Waals surface area contributed by atoms with Gasteiger partial charge in [-0.2, -0.15) is 4.31 Å². The quantitative estimate of drug-likeness (QED) is 0.449. The van der Waals surface area contributed by atoms with Gasteiger partial charge >= 0.3 is 0 Å². The average molecular weight is 535 g/mol. The number of hydrogen-bond acceptors (Lipinski definition) is 6. The highest BCUT2D eigenvalue weighted by molar-refractivity contribution is 7.89. The molecule has 8 nitrogen and oxygen atoms in total. The highest BCUT2D eigenvalue weighted by atomic mass is 32.2. The zero-order valence-electron chi connectivity index (χ0n) is 21.8. The smallest absolute Gasteiger partial charge is 0.256 e. The Kier molecular flexibility index (Phi) is 9.32. The normalized spacial score (nSPS) is 14.4. The van der Waals surface area contributed by atoms with Gasteiger partial charge in [-0.25, -0.2) is 8.42 Å². The average Bonchev–Trinajstić information content (AvgIpc) is 3.15. The number of fused-ring (bicyclic) bond motifs is 1. The molecule has 0 atom stereocenters. The molecular formula is C26H38N4O4S2. The maximum Gasteiger partial charge on any atom is 0.256 e. The van der Waals surface area contributed by atoms with Gasteiger partial charge in [-0.3, -0.25) is 14.5 Å². The molecule has 0 aliphatic carbocycles. The maximum absolute atomic E-state index is 13.3. The lowest BCUT2D eigenvalue weighted by Crippen LogP contribution is -2.37. The van der Waals surface area contributed by atoms with E-state index in [1.54, 1.807) is 0 Å². The number of carbonyl (C=O) groups excluding carboxylic acids is 2. The fourth-order valence-corrected chi connectivity index (χ4v) is 7.56. The minimum Gasteiger partial charge on any atom is -0.365 e. The molecule has 2 heterocycles. The molecule has 0 spiro atoms. The summed E-state index contributed by atoms with van der Waals surface area (Å²) < 4.78 is 28.0. The molecule has 0 unspecified atom stereocenters. The second-order valence-electron chi connectivity index (χ2n) is 10.2. The van der Waals surface area contributed by atoms with Crippen molar-refractivity contribution in [2.45, 2.75) is 58.9 Å². The van der Waals surface area contributed by atoms with Crippen LogP contribution in [0.15, 0.2) is 29.2 Å². The zero-order chi connectivity index (χ0) is 26.6. The Labute approximate surface area is 218 Å². The van der Waals surface area contributed by atoms with Crippen LogP contribution in [0.3, 0.4) is 0 Å². The van der Waals surface area contributed by atoms with E-state index in [2.05, 4.69) is 17.1 Å². The van der Waals surface area contributed by atoms with Gasteiger partial charge in [0.25, 0.3) is 11.8 Å². The third kappa shape index (κ3) is 6.53. The van der Waals surface area contributed by atoms with E-state index in [-0.39, 0.29) is 16.7 Å². The van der Waals surface area contributed by atoms with Crippen molar-refractivity contribution in [3.05, 3.63) is 45.8 Å². The SMILES string of the molecule is CCCN1CCc2c(sc(NC(=O)c3ccc(S(=O)(=O)N(CC(C)C)CC(C)C)cc3)c2C(N)=O)C1. The molecule has 198 valence electrons. The van der Waals surface area contributed by atoms with Gasteiger partial charge in [-0.1, -0.05) is 34.6 Å². The van der Waals surface area contributed by atoms with Crippen molar-refractivity contribution in [2.24, 2.45) is 17.6 Å². The van der Waals surface area contributed by atoms with Crippen LogP contribution >= 0.6 is 11.3 Å². The number of primary amides is 1. The lowest BCUT2D eigenvalue weighted by molar-refractivity contribution is 0.0999. The van der Waals surface area contributed by atoms with Crippen molar-refractivity contribution in [3.63, 3.8) is 0 Å². The van der Waals surface area contributed by atoms with Gasteiger partial charge in [0.2, 0.25) is 10.0 Å². The van der Waals surface area contributed by atoms with Gasteiger partial charge in [0.1, 0.15) is 5.00 Å². The molecule has 1 aliphatic heterocycles. The van der Waals surface area contributed by atoms with Crippen LogP contribution in [-0.2, 0) is 23.0 Å². The molecular weight excluding hydrogens is 496 g/mol. The number of carbonyl (C=O) groups is 2. The first-order valence-corrected chi connectivity index (χ1v) is 14.8. The highest BCUT2D eigenvalue weighted by Crippen LogP contribution is 2.37. The largest absolute Gasteiger partial charge is 0.365 e. The lowest BCUT2D eigenvalue weighted by atomic mass is 10.0. The molecule has 36 heavy (non-hydrogen) atoms. The van der Waals surface area contributed by atoms with E-state index < -0.39 is 21.8 Å². The van der Waals surface area contributed by atoms with E-state index in [1.165, 1.54) is 39.9 Å². The van der Waals surface area contributed by atoms with Crippen LogP contribution in [0.25, 0.3) is 0 Å². The predicted octanol–water partition coefficient (Wildman–Crippen LogP) is 4.17. The van der Waals surface area contributed by atoms with Crippen LogP contribution in [0, 0.1) is 11.8 Å². The molecule has 2 amide bonds. The number of anilines is 1. The third-order valence-corrected chi connectivity index (χ3v) is 9.02. The number of amides is 2. The van der Waals surface area contributed by atoms with Crippen LogP contribution in [0.4, 0.5) is 5.00 Å². The summed E-state index contributed by atoms with van der Waals surface area (Å²) in [6.45, 7) is 13.5. The first-order chi connectivity index (χ1) is 16.9. The monoisotopic (exact) mass is 534 g/mol. The van der Waals surface area contributed by atoms with E-state index in [0.717, 1.165) is 42.9 Å². The van der Waals surface area contributed by atoms with Crippen molar-refractivity contribution in [1.82, 2.24) is 9.21 Å². The van der Waals surface area contributed by atoms with Crippen LogP contribution < -0.4 is 11.1 Å². The number of nitrogens with two attached hydrogens (primary N) is 1. The van der Waals surface area contributed by atoms with Gasteiger partial charge < -0.3 is 11.1 Å². The molecule has 0 saturated carbocycles. The van der Waals surface area contributed by atoms with Crippen molar-refractivity contribution >= 4 is 38.2 Å². The molecule has 0 radical (unpaired) electrons. The molecule has 1 aromatic carbocycles. The minimum absolute atomic E-state index is 0.153. The van der Waals surface area contributed by atoms with Crippen molar-refractivity contribution in [2.75, 3.05) is 31.5 Å². The first kappa shape index (κ1) is 28.3. The number of hydrogen-bond donors (Lipinski definition) is 2. The number of thiophene rings is 1. The highest BCUT2D eigenvalue weighted by Gasteiger charge is 2.29. The topological polar surface area (TPSA) is 113 Å². The molecule has 0 fully saturated rings. The Morgan fingerprint density at radius 3 is 2.25 bits per heavy atom. The fourth-order valence-electron chi connectivity index (χ4n) is 4.50. The number of nitrogens with zero attached hydrogens (tertiary/aromatic N) is 2. The van der Waals surface area contributed by atoms with E-state index in [9.17, 15) is 18.0 Å². The summed E-state index contributed by atoms with van der Waals surface area (Å²) in [4.78, 5) is 28.8. The predicted molar refractivity (Wildman–Crippen MR) is 145 cm³/mol. The summed E-state index contributed by atoms with van der Waals surface area (Å²) in [5.41, 5.74) is 7.30. The summed E-state index contributed by atoms with van der Waals surface area (Å²) in [5, 5.41) is 3.30. The third-order valence-electron chi connectivity index (χ3n) is 6.04. The first-order valence-electron chi connectivity index (χ1n) is 12.5. The van der Waals surface area contributed by atoms with Crippen LogP contribution in [0.5, 0.6) is 0 Å². The molecule has 10 heteroatoms. The summed E-state index contributed by atoms with van der Waals surface area (Å²) >= 11 is 1.39. The Hall–Kier alpha value is -2.27. The van der Waals surface area contributed by atoms with Gasteiger partial charge in [0.15, 0.2) is 0 Å². The summed E-state index contributed by atoms with van der Waals surface area (Å²) in [6, 6.07) is 5.95. The lowest BCUT2D eigenvalue weighted by Gasteiger charge is -2.26. The number of benzene rings is 1. The Morgan fingerprint density at radius 1 is 1.11 bits per heavy atom. The van der Waals surface area contributed by atoms with Crippen LogP contribution in [-0.4, -0.2) is 55.6 Å². The maximum atomic E-state index is 13.3. The Morgan fingerprint density at radius 2 is 1.72 bits per heavy atom. The number of sulfonamides is 1. The second kappa shape index (κ2) is 11.9. The Balaban J connectivity index is 1.81. The van der Waals surface area contributed by atoms with Crippen molar-refractivity contribution < 1.29 is 18.0 Å². The Bertz CT molecular complexity index is 1180.